The zero-order valence-electron chi connectivity index (χ0n) is 14.6. The second kappa shape index (κ2) is 8.32. The summed E-state index contributed by atoms with van der Waals surface area (Å²) >= 11 is 0. The maximum atomic E-state index is 12.7. The molecule has 134 valence electrons. The first kappa shape index (κ1) is 18.5. The molecule has 2 rings (SSSR count). The predicted molar refractivity (Wildman–Crippen MR) is 98.8 cm³/mol. The number of hydrogen-bond acceptors (Lipinski definition) is 4. The number of carbonyl (C=O) groups is 1. The van der Waals surface area contributed by atoms with E-state index in [0.717, 1.165) is 18.4 Å². The predicted octanol–water partition coefficient (Wildman–Crippen LogP) is 1.51. The fourth-order valence-electron chi connectivity index (χ4n) is 2.70. The van der Waals surface area contributed by atoms with Crippen LogP contribution in [0.5, 0.6) is 0 Å². The van der Waals surface area contributed by atoms with Gasteiger partial charge in [0, 0.05) is 13.1 Å². The Morgan fingerprint density at radius 2 is 1.88 bits per heavy atom. The van der Waals surface area contributed by atoms with Crippen molar-refractivity contribution in [1.82, 2.24) is 9.55 Å². The molecule has 0 saturated carbocycles. The standard InChI is InChI=1S/C18H24N4O3/c1-3-5-11-22-16(19)15(17(24)20-18(22)25)21(4-2)14(23)12-13-9-7-6-8-10-13/h6-10H,3-5,11-12,19H2,1-2H3,(H,20,24,25). The molecule has 0 aliphatic carbocycles. The van der Waals surface area contributed by atoms with Crippen LogP contribution in [0.2, 0.25) is 0 Å². The van der Waals surface area contributed by atoms with Gasteiger partial charge in [0.25, 0.3) is 5.56 Å². The van der Waals surface area contributed by atoms with Crippen LogP contribution in [-0.2, 0) is 17.8 Å². The third kappa shape index (κ3) is 4.17. The number of nitrogens with one attached hydrogen (secondary N) is 1. The van der Waals surface area contributed by atoms with Gasteiger partial charge in [-0.2, -0.15) is 0 Å². The quantitative estimate of drug-likeness (QED) is 0.795. The van der Waals surface area contributed by atoms with Crippen LogP contribution in [0, 0.1) is 0 Å². The van der Waals surface area contributed by atoms with Crippen molar-refractivity contribution >= 4 is 17.4 Å². The Hall–Kier alpha value is -2.83. The summed E-state index contributed by atoms with van der Waals surface area (Å²) in [4.78, 5) is 40.6. The van der Waals surface area contributed by atoms with Crippen LogP contribution in [0.25, 0.3) is 0 Å². The van der Waals surface area contributed by atoms with Crippen molar-refractivity contribution in [3.8, 4) is 0 Å². The normalized spacial score (nSPS) is 10.6. The first-order valence-corrected chi connectivity index (χ1v) is 8.46. The molecule has 0 saturated heterocycles. The number of carbonyl (C=O) groups excluding carboxylic acids is 1. The minimum atomic E-state index is -0.640. The smallest absolute Gasteiger partial charge is 0.330 e. The van der Waals surface area contributed by atoms with Gasteiger partial charge in [0.1, 0.15) is 5.82 Å². The molecule has 0 aliphatic heterocycles. The number of unbranched alkanes of at least 4 members (excludes halogenated alkanes) is 1. The van der Waals surface area contributed by atoms with E-state index in [0.29, 0.717) is 6.54 Å². The molecule has 2 aromatic rings. The average Bonchev–Trinajstić information content (AvgIpc) is 2.59. The number of H-pyrrole nitrogens is 1. The van der Waals surface area contributed by atoms with Crippen LogP contribution in [0.15, 0.2) is 39.9 Å². The molecule has 0 atom stereocenters. The van der Waals surface area contributed by atoms with Crippen molar-refractivity contribution in [3.63, 3.8) is 0 Å². The summed E-state index contributed by atoms with van der Waals surface area (Å²) in [6, 6.07) is 9.27. The van der Waals surface area contributed by atoms with Crippen LogP contribution >= 0.6 is 0 Å². The summed E-state index contributed by atoms with van der Waals surface area (Å²) in [6.45, 7) is 4.44. The highest BCUT2D eigenvalue weighted by Gasteiger charge is 2.22. The van der Waals surface area contributed by atoms with E-state index in [1.165, 1.54) is 9.47 Å². The minimum Gasteiger partial charge on any atom is -0.383 e. The Morgan fingerprint density at radius 3 is 2.48 bits per heavy atom. The van der Waals surface area contributed by atoms with E-state index in [2.05, 4.69) is 4.98 Å². The van der Waals surface area contributed by atoms with Gasteiger partial charge < -0.3 is 10.6 Å². The molecule has 0 bridgehead atoms. The maximum absolute atomic E-state index is 12.7. The molecule has 0 radical (unpaired) electrons. The second-order valence-electron chi connectivity index (χ2n) is 5.80. The number of nitrogens with two attached hydrogens (primary N) is 1. The molecule has 1 heterocycles. The number of nitrogens with zero attached hydrogens (tertiary/aromatic N) is 2. The monoisotopic (exact) mass is 344 g/mol. The second-order valence-corrected chi connectivity index (χ2v) is 5.80. The zero-order valence-corrected chi connectivity index (χ0v) is 14.6. The molecule has 7 heteroatoms. The lowest BCUT2D eigenvalue weighted by Crippen LogP contribution is -2.41. The van der Waals surface area contributed by atoms with Gasteiger partial charge in [0.05, 0.1) is 6.42 Å². The van der Waals surface area contributed by atoms with Gasteiger partial charge in [-0.3, -0.25) is 19.1 Å². The molecule has 1 aromatic carbocycles. The Kier molecular flexibility index (Phi) is 6.16. The van der Waals surface area contributed by atoms with Crippen molar-refractivity contribution in [2.24, 2.45) is 0 Å². The van der Waals surface area contributed by atoms with Gasteiger partial charge >= 0.3 is 5.69 Å². The van der Waals surface area contributed by atoms with Gasteiger partial charge in [0.2, 0.25) is 5.91 Å². The third-order valence-electron chi connectivity index (χ3n) is 4.03. The largest absolute Gasteiger partial charge is 0.383 e. The lowest BCUT2D eigenvalue weighted by atomic mass is 10.1. The number of aromatic amines is 1. The van der Waals surface area contributed by atoms with E-state index in [9.17, 15) is 14.4 Å². The molecule has 1 amide bonds. The highest BCUT2D eigenvalue weighted by Crippen LogP contribution is 2.18. The van der Waals surface area contributed by atoms with Crippen LogP contribution in [0.1, 0.15) is 32.3 Å². The highest BCUT2D eigenvalue weighted by molar-refractivity contribution is 5.96. The molecule has 0 aliphatic rings. The number of amides is 1. The number of likely N-dealkylation sites (N-methyl/N-ethyl adjacent to an activating group) is 1. The van der Waals surface area contributed by atoms with Gasteiger partial charge in [-0.15, -0.1) is 0 Å². The molecule has 7 nitrogen and oxygen atoms in total. The average molecular weight is 344 g/mol. The Bertz CT molecular complexity index is 840. The SMILES string of the molecule is CCCCn1c(N)c(N(CC)C(=O)Cc2ccccc2)c(=O)[nH]c1=O. The van der Waals surface area contributed by atoms with E-state index in [4.69, 9.17) is 5.73 Å². The topological polar surface area (TPSA) is 101 Å². The number of nitrogen functional groups attached to an aromatic ring is 1. The molecule has 3 N–H and O–H groups in total. The lowest BCUT2D eigenvalue weighted by molar-refractivity contribution is -0.117. The Morgan fingerprint density at radius 1 is 1.20 bits per heavy atom. The Balaban J connectivity index is 2.41. The fraction of sp³-hybridized carbons (Fsp3) is 0.389. The summed E-state index contributed by atoms with van der Waals surface area (Å²) in [5, 5.41) is 0. The van der Waals surface area contributed by atoms with Crippen molar-refractivity contribution in [1.29, 1.82) is 0 Å². The molecular formula is C18H24N4O3. The number of aromatic nitrogens is 2. The molecule has 1 aromatic heterocycles. The van der Waals surface area contributed by atoms with E-state index in [-0.39, 0.29) is 30.4 Å². The van der Waals surface area contributed by atoms with Crippen molar-refractivity contribution < 1.29 is 4.79 Å². The van der Waals surface area contributed by atoms with Crippen molar-refractivity contribution in [2.75, 3.05) is 17.2 Å². The van der Waals surface area contributed by atoms with Crippen LogP contribution in [0.4, 0.5) is 11.5 Å². The fourth-order valence-corrected chi connectivity index (χ4v) is 2.70. The van der Waals surface area contributed by atoms with Crippen LogP contribution < -0.4 is 21.9 Å². The number of hydrogen-bond donors (Lipinski definition) is 2. The molecule has 0 fully saturated rings. The summed E-state index contributed by atoms with van der Waals surface area (Å²) in [6.07, 6.45) is 1.78. The van der Waals surface area contributed by atoms with E-state index in [1.54, 1.807) is 6.92 Å². The van der Waals surface area contributed by atoms with E-state index < -0.39 is 11.2 Å². The summed E-state index contributed by atoms with van der Waals surface area (Å²) in [5.74, 6) is -0.211. The highest BCUT2D eigenvalue weighted by atomic mass is 16.2. The van der Waals surface area contributed by atoms with E-state index in [1.807, 2.05) is 37.3 Å². The zero-order chi connectivity index (χ0) is 18.4. The molecule has 0 unspecified atom stereocenters. The summed E-state index contributed by atoms with van der Waals surface area (Å²) < 4.78 is 1.32. The summed E-state index contributed by atoms with van der Waals surface area (Å²) in [5.41, 5.74) is 5.78. The first-order valence-electron chi connectivity index (χ1n) is 8.46. The maximum Gasteiger partial charge on any atom is 0.330 e. The number of rotatable bonds is 7. The van der Waals surface area contributed by atoms with Crippen molar-refractivity contribution in [3.05, 3.63) is 56.7 Å². The van der Waals surface area contributed by atoms with Gasteiger partial charge in [-0.05, 0) is 18.9 Å². The minimum absolute atomic E-state index is 0.0328. The Labute approximate surface area is 146 Å². The number of anilines is 2. The van der Waals surface area contributed by atoms with Gasteiger partial charge in [-0.25, -0.2) is 4.79 Å². The first-order chi connectivity index (χ1) is 12.0. The van der Waals surface area contributed by atoms with Crippen LogP contribution in [0.3, 0.4) is 0 Å². The molecule has 25 heavy (non-hydrogen) atoms. The third-order valence-corrected chi connectivity index (χ3v) is 4.03. The van der Waals surface area contributed by atoms with Gasteiger partial charge in [-0.1, -0.05) is 43.7 Å². The van der Waals surface area contributed by atoms with Crippen molar-refractivity contribution in [2.45, 2.75) is 39.7 Å². The lowest BCUT2D eigenvalue weighted by Gasteiger charge is -2.23. The molecule has 0 spiro atoms. The number of benzene rings is 1. The van der Waals surface area contributed by atoms with Gasteiger partial charge in [0.15, 0.2) is 5.69 Å². The summed E-state index contributed by atoms with van der Waals surface area (Å²) in [7, 11) is 0. The van der Waals surface area contributed by atoms with E-state index >= 15 is 0 Å². The molecular weight excluding hydrogens is 320 g/mol. The van der Waals surface area contributed by atoms with Crippen LogP contribution in [-0.4, -0.2) is 22.0 Å².